The summed E-state index contributed by atoms with van der Waals surface area (Å²) in [7, 11) is 3.32. The molecule has 0 unspecified atom stereocenters. The second-order valence-corrected chi connectivity index (χ2v) is 5.15. The normalized spacial score (nSPS) is 17.8. The minimum absolute atomic E-state index is 0.285. The first-order chi connectivity index (χ1) is 8.21. The molecule has 17 heavy (non-hydrogen) atoms. The van der Waals surface area contributed by atoms with Crippen LogP contribution in [0, 0.1) is 5.41 Å². The van der Waals surface area contributed by atoms with E-state index in [1.165, 1.54) is 11.3 Å². The first kappa shape index (κ1) is 12.5. The van der Waals surface area contributed by atoms with Crippen LogP contribution in [0.1, 0.15) is 0 Å². The number of fused-ring (bicyclic) bond motifs is 1. The highest BCUT2D eigenvalue weighted by atomic mass is 32.1. The summed E-state index contributed by atoms with van der Waals surface area (Å²) >= 11 is 1.42. The molecule has 0 fully saturated rings. The quantitative estimate of drug-likeness (QED) is 0.885. The second kappa shape index (κ2) is 5.12. The van der Waals surface area contributed by atoms with E-state index < -0.39 is 0 Å². The Balaban J connectivity index is 2.15. The summed E-state index contributed by atoms with van der Waals surface area (Å²) in [6.07, 6.45) is 0. The SMILES string of the molecule is COCC1(COC)COc2csc(N)c2OC1. The molecule has 1 aromatic rings. The molecule has 2 rings (SSSR count). The van der Waals surface area contributed by atoms with E-state index in [1.807, 2.05) is 5.38 Å². The van der Waals surface area contributed by atoms with Crippen LogP contribution in [0.2, 0.25) is 0 Å². The summed E-state index contributed by atoms with van der Waals surface area (Å²) in [6, 6.07) is 0. The molecule has 0 saturated heterocycles. The molecule has 96 valence electrons. The van der Waals surface area contributed by atoms with E-state index in [4.69, 9.17) is 24.7 Å². The van der Waals surface area contributed by atoms with Crippen molar-refractivity contribution in [2.24, 2.45) is 5.41 Å². The van der Waals surface area contributed by atoms with Gasteiger partial charge in [-0.05, 0) is 0 Å². The predicted octanol–water partition coefficient (Wildman–Crippen LogP) is 1.38. The van der Waals surface area contributed by atoms with Crippen LogP contribution >= 0.6 is 11.3 Å². The summed E-state index contributed by atoms with van der Waals surface area (Å²) in [5, 5.41) is 2.51. The van der Waals surface area contributed by atoms with Crippen molar-refractivity contribution >= 4 is 16.3 Å². The van der Waals surface area contributed by atoms with Crippen molar-refractivity contribution < 1.29 is 18.9 Å². The molecule has 0 spiro atoms. The largest absolute Gasteiger partial charge is 0.488 e. The summed E-state index contributed by atoms with van der Waals surface area (Å²) in [4.78, 5) is 0. The van der Waals surface area contributed by atoms with E-state index in [1.54, 1.807) is 14.2 Å². The molecule has 0 bridgehead atoms. The Hall–Kier alpha value is -0.980. The maximum absolute atomic E-state index is 5.82. The first-order valence-corrected chi connectivity index (χ1v) is 6.19. The Morgan fingerprint density at radius 2 is 1.94 bits per heavy atom. The highest BCUT2D eigenvalue weighted by molar-refractivity contribution is 7.14. The van der Waals surface area contributed by atoms with Crippen LogP contribution in [0.5, 0.6) is 11.5 Å². The molecule has 0 radical (unpaired) electrons. The van der Waals surface area contributed by atoms with Gasteiger partial charge >= 0.3 is 0 Å². The summed E-state index contributed by atoms with van der Waals surface area (Å²) in [6.45, 7) is 2.02. The third-order valence-electron chi connectivity index (χ3n) is 2.70. The minimum atomic E-state index is -0.285. The van der Waals surface area contributed by atoms with Gasteiger partial charge in [-0.15, -0.1) is 11.3 Å². The fraction of sp³-hybridized carbons (Fsp3) is 0.636. The number of thiophene rings is 1. The third-order valence-corrected chi connectivity index (χ3v) is 3.47. The van der Waals surface area contributed by atoms with Gasteiger partial charge in [0.2, 0.25) is 0 Å². The van der Waals surface area contributed by atoms with Gasteiger partial charge < -0.3 is 24.7 Å². The lowest BCUT2D eigenvalue weighted by Gasteiger charge is -2.29. The summed E-state index contributed by atoms with van der Waals surface area (Å²) in [5.74, 6) is 1.35. The summed E-state index contributed by atoms with van der Waals surface area (Å²) < 4.78 is 21.9. The first-order valence-electron chi connectivity index (χ1n) is 5.31. The van der Waals surface area contributed by atoms with Gasteiger partial charge in [-0.25, -0.2) is 0 Å². The third kappa shape index (κ3) is 2.48. The molecule has 2 heterocycles. The van der Waals surface area contributed by atoms with Gasteiger partial charge in [0, 0.05) is 19.6 Å². The van der Waals surface area contributed by atoms with Crippen LogP contribution < -0.4 is 15.2 Å². The number of hydrogen-bond donors (Lipinski definition) is 1. The van der Waals surface area contributed by atoms with Crippen LogP contribution in [0.4, 0.5) is 5.00 Å². The predicted molar refractivity (Wildman–Crippen MR) is 65.9 cm³/mol. The van der Waals surface area contributed by atoms with E-state index in [0.717, 1.165) is 0 Å². The Bertz CT molecular complexity index is 374. The van der Waals surface area contributed by atoms with Gasteiger partial charge in [0.05, 0.1) is 18.6 Å². The average Bonchev–Trinajstić information content (AvgIpc) is 2.55. The van der Waals surface area contributed by atoms with E-state index in [-0.39, 0.29) is 5.41 Å². The van der Waals surface area contributed by atoms with Crippen molar-refractivity contribution in [3.8, 4) is 11.5 Å². The monoisotopic (exact) mass is 259 g/mol. The van der Waals surface area contributed by atoms with Crippen molar-refractivity contribution in [2.45, 2.75) is 0 Å². The molecule has 2 N–H and O–H groups in total. The van der Waals surface area contributed by atoms with E-state index in [2.05, 4.69) is 0 Å². The Morgan fingerprint density at radius 3 is 2.59 bits per heavy atom. The molecule has 0 saturated carbocycles. The minimum Gasteiger partial charge on any atom is -0.488 e. The van der Waals surface area contributed by atoms with Gasteiger partial charge in [0.1, 0.15) is 18.2 Å². The van der Waals surface area contributed by atoms with Crippen molar-refractivity contribution in [1.29, 1.82) is 0 Å². The van der Waals surface area contributed by atoms with Crippen molar-refractivity contribution in [1.82, 2.24) is 0 Å². The molecular weight excluding hydrogens is 242 g/mol. The number of nitrogens with two attached hydrogens (primary N) is 1. The number of ether oxygens (including phenoxy) is 4. The number of hydrogen-bond acceptors (Lipinski definition) is 6. The lowest BCUT2D eigenvalue weighted by Crippen LogP contribution is -2.41. The van der Waals surface area contributed by atoms with Crippen LogP contribution in [-0.2, 0) is 9.47 Å². The van der Waals surface area contributed by atoms with Crippen LogP contribution in [0.15, 0.2) is 5.38 Å². The molecular formula is C11H17NO4S. The lowest BCUT2D eigenvalue weighted by atomic mass is 9.92. The van der Waals surface area contributed by atoms with Gasteiger partial charge in [-0.3, -0.25) is 0 Å². The number of methoxy groups -OCH3 is 2. The van der Waals surface area contributed by atoms with E-state index in [9.17, 15) is 0 Å². The molecule has 0 aromatic carbocycles. The highest BCUT2D eigenvalue weighted by Gasteiger charge is 2.36. The zero-order valence-corrected chi connectivity index (χ0v) is 10.8. The van der Waals surface area contributed by atoms with E-state index in [0.29, 0.717) is 42.9 Å². The number of rotatable bonds is 4. The van der Waals surface area contributed by atoms with Gasteiger partial charge in [0.25, 0.3) is 0 Å². The molecule has 0 atom stereocenters. The zero-order valence-electron chi connectivity index (χ0n) is 10.0. The van der Waals surface area contributed by atoms with E-state index >= 15 is 0 Å². The second-order valence-electron chi connectivity index (χ2n) is 4.24. The molecule has 0 aliphatic carbocycles. The fourth-order valence-electron chi connectivity index (χ4n) is 1.91. The molecule has 0 amide bonds. The molecule has 1 aliphatic heterocycles. The van der Waals surface area contributed by atoms with Crippen LogP contribution in [0.25, 0.3) is 0 Å². The molecule has 6 heteroatoms. The molecule has 5 nitrogen and oxygen atoms in total. The Morgan fingerprint density at radius 1 is 1.29 bits per heavy atom. The van der Waals surface area contributed by atoms with Crippen LogP contribution in [0.3, 0.4) is 0 Å². The van der Waals surface area contributed by atoms with Crippen LogP contribution in [-0.4, -0.2) is 40.6 Å². The maximum Gasteiger partial charge on any atom is 0.195 e. The maximum atomic E-state index is 5.82. The Kier molecular flexibility index (Phi) is 3.76. The number of anilines is 1. The van der Waals surface area contributed by atoms with Crippen molar-refractivity contribution in [3.63, 3.8) is 0 Å². The number of nitrogen functional groups attached to an aromatic ring is 1. The molecule has 1 aromatic heterocycles. The Labute approximate surface area is 104 Å². The van der Waals surface area contributed by atoms with Gasteiger partial charge in [0.15, 0.2) is 11.5 Å². The van der Waals surface area contributed by atoms with Crippen molar-refractivity contribution in [3.05, 3.63) is 5.38 Å². The average molecular weight is 259 g/mol. The van der Waals surface area contributed by atoms with Gasteiger partial charge in [-0.1, -0.05) is 0 Å². The van der Waals surface area contributed by atoms with Gasteiger partial charge in [-0.2, -0.15) is 0 Å². The smallest absolute Gasteiger partial charge is 0.195 e. The molecule has 1 aliphatic rings. The lowest BCUT2D eigenvalue weighted by molar-refractivity contribution is -0.0359. The summed E-state index contributed by atoms with van der Waals surface area (Å²) in [5.41, 5.74) is 5.53. The topological polar surface area (TPSA) is 62.9 Å². The fourth-order valence-corrected chi connectivity index (χ4v) is 2.58. The standard InChI is InChI=1S/C11H17NO4S/c1-13-4-11(5-14-2)6-15-8-3-17-10(12)9(8)16-7-11/h3H,4-7,12H2,1-2H3. The van der Waals surface area contributed by atoms with Crippen molar-refractivity contribution in [2.75, 3.05) is 46.4 Å². The zero-order chi connectivity index (χ0) is 12.3. The highest BCUT2D eigenvalue weighted by Crippen LogP contribution is 2.43.